The molecule has 2 aromatic rings. The fraction of sp³-hybridized carbons (Fsp3) is 0.429. The first-order chi connectivity index (χ1) is 13.5. The normalized spacial score (nSPS) is 14.7. The second kappa shape index (κ2) is 9.71. The summed E-state index contributed by atoms with van der Waals surface area (Å²) in [5, 5.41) is 7.18. The SMILES string of the molecule is Cc1cccc(N2CCN(CC(=O)NC(=O)NCCc3cccs3)CC2)c1C. The molecule has 1 fully saturated rings. The Kier molecular flexibility index (Phi) is 7.06. The Hall–Kier alpha value is -2.38. The van der Waals surface area contributed by atoms with Gasteiger partial charge in [0.1, 0.15) is 0 Å². The van der Waals surface area contributed by atoms with Crippen LogP contribution in [-0.4, -0.2) is 56.1 Å². The fourth-order valence-electron chi connectivity index (χ4n) is 3.39. The van der Waals surface area contributed by atoms with Gasteiger partial charge in [-0.05, 0) is 48.9 Å². The highest BCUT2D eigenvalue weighted by molar-refractivity contribution is 7.09. The van der Waals surface area contributed by atoms with E-state index in [0.29, 0.717) is 6.54 Å². The molecule has 3 rings (SSSR count). The number of piperazine rings is 1. The van der Waals surface area contributed by atoms with Gasteiger partial charge in [0.25, 0.3) is 0 Å². The number of thiophene rings is 1. The third-order valence-electron chi connectivity index (χ3n) is 5.15. The summed E-state index contributed by atoms with van der Waals surface area (Å²) in [6.45, 7) is 8.43. The van der Waals surface area contributed by atoms with Crippen LogP contribution in [0.1, 0.15) is 16.0 Å². The number of nitrogens with one attached hydrogen (secondary N) is 2. The number of carbonyl (C=O) groups excluding carboxylic acids is 2. The van der Waals surface area contributed by atoms with Gasteiger partial charge in [-0.15, -0.1) is 11.3 Å². The summed E-state index contributed by atoms with van der Waals surface area (Å²) in [5.41, 5.74) is 3.88. The van der Waals surface area contributed by atoms with Crippen molar-refractivity contribution in [1.82, 2.24) is 15.5 Å². The topological polar surface area (TPSA) is 64.7 Å². The minimum atomic E-state index is -0.421. The molecule has 0 saturated carbocycles. The molecule has 28 heavy (non-hydrogen) atoms. The molecular formula is C21H28N4O2S. The third kappa shape index (κ3) is 5.56. The highest BCUT2D eigenvalue weighted by atomic mass is 32.1. The van der Waals surface area contributed by atoms with Crippen molar-refractivity contribution >= 4 is 29.0 Å². The van der Waals surface area contributed by atoms with Crippen molar-refractivity contribution in [3.63, 3.8) is 0 Å². The molecule has 0 atom stereocenters. The lowest BCUT2D eigenvalue weighted by Crippen LogP contribution is -2.51. The van der Waals surface area contributed by atoms with E-state index < -0.39 is 6.03 Å². The Morgan fingerprint density at radius 2 is 1.86 bits per heavy atom. The number of nitrogens with zero attached hydrogens (tertiary/aromatic N) is 2. The molecule has 2 N–H and O–H groups in total. The number of rotatable bonds is 6. The number of urea groups is 1. The summed E-state index contributed by atoms with van der Waals surface area (Å²) in [6, 6.07) is 9.98. The summed E-state index contributed by atoms with van der Waals surface area (Å²) in [5.74, 6) is -0.256. The standard InChI is InChI=1S/C21H28N4O2S/c1-16-5-3-7-19(17(16)2)25-12-10-24(11-13-25)15-20(26)23-21(27)22-9-8-18-6-4-14-28-18/h3-7,14H,8-13,15H2,1-2H3,(H2,22,23,26,27). The molecule has 2 heterocycles. The van der Waals surface area contributed by atoms with Crippen molar-refractivity contribution in [3.05, 3.63) is 51.7 Å². The second-order valence-electron chi connectivity index (χ2n) is 7.12. The van der Waals surface area contributed by atoms with Gasteiger partial charge in [0, 0.05) is 43.3 Å². The van der Waals surface area contributed by atoms with E-state index in [1.807, 2.05) is 17.5 Å². The summed E-state index contributed by atoms with van der Waals surface area (Å²) in [7, 11) is 0. The average Bonchev–Trinajstić information content (AvgIpc) is 3.18. The summed E-state index contributed by atoms with van der Waals surface area (Å²) in [6.07, 6.45) is 0.777. The van der Waals surface area contributed by atoms with E-state index in [4.69, 9.17) is 0 Å². The van der Waals surface area contributed by atoms with Crippen molar-refractivity contribution in [2.24, 2.45) is 0 Å². The van der Waals surface area contributed by atoms with Crippen molar-refractivity contribution in [2.45, 2.75) is 20.3 Å². The van der Waals surface area contributed by atoms with Crippen molar-refractivity contribution in [1.29, 1.82) is 0 Å². The summed E-state index contributed by atoms with van der Waals surface area (Å²) >= 11 is 1.66. The van der Waals surface area contributed by atoms with Crippen molar-refractivity contribution < 1.29 is 9.59 Å². The number of hydrogen-bond acceptors (Lipinski definition) is 5. The number of hydrogen-bond donors (Lipinski definition) is 2. The zero-order chi connectivity index (χ0) is 19.9. The molecule has 1 aromatic carbocycles. The smallest absolute Gasteiger partial charge is 0.321 e. The molecule has 1 aliphatic heterocycles. The van der Waals surface area contributed by atoms with Gasteiger partial charge >= 0.3 is 6.03 Å². The Bertz CT molecular complexity index is 799. The largest absolute Gasteiger partial charge is 0.369 e. The van der Waals surface area contributed by atoms with Crippen LogP contribution in [0.3, 0.4) is 0 Å². The van der Waals surface area contributed by atoms with Gasteiger partial charge in [-0.2, -0.15) is 0 Å². The molecule has 6 nitrogen and oxygen atoms in total. The van der Waals surface area contributed by atoms with E-state index in [1.54, 1.807) is 11.3 Å². The molecular weight excluding hydrogens is 372 g/mol. The van der Waals surface area contributed by atoms with Crippen LogP contribution in [0.5, 0.6) is 0 Å². The Labute approximate surface area is 170 Å². The highest BCUT2D eigenvalue weighted by Gasteiger charge is 2.21. The molecule has 0 spiro atoms. The minimum absolute atomic E-state index is 0.249. The molecule has 0 radical (unpaired) electrons. The second-order valence-corrected chi connectivity index (χ2v) is 8.15. The van der Waals surface area contributed by atoms with Crippen molar-refractivity contribution in [3.8, 4) is 0 Å². The van der Waals surface area contributed by atoms with E-state index >= 15 is 0 Å². The van der Waals surface area contributed by atoms with Crippen LogP contribution >= 0.6 is 11.3 Å². The Morgan fingerprint density at radius 3 is 2.57 bits per heavy atom. The Morgan fingerprint density at radius 1 is 1.07 bits per heavy atom. The lowest BCUT2D eigenvalue weighted by molar-refractivity contribution is -0.121. The number of amides is 3. The number of anilines is 1. The van der Waals surface area contributed by atoms with E-state index in [9.17, 15) is 9.59 Å². The Balaban J connectivity index is 1.37. The minimum Gasteiger partial charge on any atom is -0.369 e. The fourth-order valence-corrected chi connectivity index (χ4v) is 4.10. The van der Waals surface area contributed by atoms with Gasteiger partial charge in [0.2, 0.25) is 5.91 Å². The first-order valence-electron chi connectivity index (χ1n) is 9.66. The maximum atomic E-state index is 12.1. The van der Waals surface area contributed by atoms with Crippen molar-refractivity contribution in [2.75, 3.05) is 44.2 Å². The molecule has 7 heteroatoms. The van der Waals surface area contributed by atoms with Crippen LogP contribution in [0.15, 0.2) is 35.7 Å². The average molecular weight is 401 g/mol. The zero-order valence-corrected chi connectivity index (χ0v) is 17.3. The van der Waals surface area contributed by atoms with Crippen LogP contribution in [-0.2, 0) is 11.2 Å². The molecule has 1 saturated heterocycles. The van der Waals surface area contributed by atoms with Crippen LogP contribution in [0.4, 0.5) is 10.5 Å². The molecule has 0 unspecified atom stereocenters. The van der Waals surface area contributed by atoms with Gasteiger partial charge in [-0.3, -0.25) is 15.0 Å². The number of benzene rings is 1. The molecule has 0 aliphatic carbocycles. The molecule has 150 valence electrons. The van der Waals surface area contributed by atoms with Gasteiger partial charge in [0.15, 0.2) is 0 Å². The van der Waals surface area contributed by atoms with Gasteiger partial charge < -0.3 is 10.2 Å². The maximum absolute atomic E-state index is 12.1. The third-order valence-corrected chi connectivity index (χ3v) is 6.08. The molecule has 1 aliphatic rings. The van der Waals surface area contributed by atoms with E-state index in [1.165, 1.54) is 21.7 Å². The van der Waals surface area contributed by atoms with E-state index in [-0.39, 0.29) is 12.5 Å². The van der Waals surface area contributed by atoms with E-state index in [2.05, 4.69) is 52.5 Å². The van der Waals surface area contributed by atoms with Crippen LogP contribution in [0.25, 0.3) is 0 Å². The maximum Gasteiger partial charge on any atom is 0.321 e. The van der Waals surface area contributed by atoms with Crippen LogP contribution in [0, 0.1) is 13.8 Å². The zero-order valence-electron chi connectivity index (χ0n) is 16.5. The van der Waals surface area contributed by atoms with Gasteiger partial charge in [0.05, 0.1) is 6.54 Å². The monoisotopic (exact) mass is 400 g/mol. The predicted octanol–water partition coefficient (Wildman–Crippen LogP) is 2.56. The highest BCUT2D eigenvalue weighted by Crippen LogP contribution is 2.23. The van der Waals surface area contributed by atoms with Crippen LogP contribution in [0.2, 0.25) is 0 Å². The number of carbonyl (C=O) groups is 2. The number of imide groups is 1. The number of aryl methyl sites for hydroxylation is 1. The van der Waals surface area contributed by atoms with Crippen LogP contribution < -0.4 is 15.5 Å². The first-order valence-corrected chi connectivity index (χ1v) is 10.5. The quantitative estimate of drug-likeness (QED) is 0.782. The molecule has 3 amide bonds. The van der Waals surface area contributed by atoms with E-state index in [0.717, 1.165) is 32.6 Å². The lowest BCUT2D eigenvalue weighted by Gasteiger charge is -2.36. The molecule has 0 bridgehead atoms. The summed E-state index contributed by atoms with van der Waals surface area (Å²) in [4.78, 5) is 29.7. The van der Waals surface area contributed by atoms with Gasteiger partial charge in [-0.25, -0.2) is 4.79 Å². The summed E-state index contributed by atoms with van der Waals surface area (Å²) < 4.78 is 0. The van der Waals surface area contributed by atoms with Gasteiger partial charge in [-0.1, -0.05) is 18.2 Å². The lowest BCUT2D eigenvalue weighted by atomic mass is 10.1. The molecule has 1 aromatic heterocycles. The predicted molar refractivity (Wildman–Crippen MR) is 114 cm³/mol. The first kappa shape index (κ1) is 20.4.